The van der Waals surface area contributed by atoms with Crippen molar-refractivity contribution >= 4 is 0 Å². The third-order valence-electron chi connectivity index (χ3n) is 3.08. The SMILES string of the molecule is Cc1ncccc1OC(C)CCCNC1CC1. The van der Waals surface area contributed by atoms with Crippen molar-refractivity contribution in [1.29, 1.82) is 0 Å². The van der Waals surface area contributed by atoms with E-state index in [4.69, 9.17) is 4.74 Å². The average molecular weight is 234 g/mol. The van der Waals surface area contributed by atoms with Crippen LogP contribution in [0.1, 0.15) is 38.3 Å². The molecule has 0 spiro atoms. The normalized spacial score (nSPS) is 16.8. The fraction of sp³-hybridized carbons (Fsp3) is 0.643. The van der Waals surface area contributed by atoms with E-state index in [0.717, 1.165) is 30.5 Å². The number of rotatable bonds is 7. The minimum absolute atomic E-state index is 0.263. The smallest absolute Gasteiger partial charge is 0.140 e. The number of ether oxygens (including phenoxy) is 1. The van der Waals surface area contributed by atoms with Crippen molar-refractivity contribution in [2.45, 2.75) is 51.7 Å². The lowest BCUT2D eigenvalue weighted by Crippen LogP contribution is -2.20. The molecule has 1 aromatic rings. The van der Waals surface area contributed by atoms with E-state index in [1.165, 1.54) is 19.3 Å². The predicted octanol–water partition coefficient (Wildman–Crippen LogP) is 2.69. The average Bonchev–Trinajstić information content (AvgIpc) is 3.12. The molecule has 0 radical (unpaired) electrons. The zero-order valence-electron chi connectivity index (χ0n) is 10.8. The summed E-state index contributed by atoms with van der Waals surface area (Å²) in [5.74, 6) is 0.912. The summed E-state index contributed by atoms with van der Waals surface area (Å²) < 4.78 is 5.88. The number of nitrogens with zero attached hydrogens (tertiary/aromatic N) is 1. The maximum absolute atomic E-state index is 5.88. The van der Waals surface area contributed by atoms with Crippen molar-refractivity contribution in [2.75, 3.05) is 6.54 Å². The monoisotopic (exact) mass is 234 g/mol. The Morgan fingerprint density at radius 1 is 1.53 bits per heavy atom. The van der Waals surface area contributed by atoms with Gasteiger partial charge in [-0.1, -0.05) is 0 Å². The number of nitrogens with one attached hydrogen (secondary N) is 1. The van der Waals surface area contributed by atoms with Crippen molar-refractivity contribution in [3.05, 3.63) is 24.0 Å². The van der Waals surface area contributed by atoms with Gasteiger partial charge in [0.25, 0.3) is 0 Å². The first-order valence-corrected chi connectivity index (χ1v) is 6.57. The molecule has 1 aliphatic carbocycles. The van der Waals surface area contributed by atoms with E-state index in [2.05, 4.69) is 17.2 Å². The Kier molecular flexibility index (Phi) is 4.37. The van der Waals surface area contributed by atoms with Gasteiger partial charge in [0, 0.05) is 12.2 Å². The summed E-state index contributed by atoms with van der Waals surface area (Å²) in [5.41, 5.74) is 0.968. The van der Waals surface area contributed by atoms with E-state index in [1.54, 1.807) is 6.20 Å². The minimum atomic E-state index is 0.263. The summed E-state index contributed by atoms with van der Waals surface area (Å²) in [4.78, 5) is 4.22. The Balaban J connectivity index is 1.65. The van der Waals surface area contributed by atoms with Crippen LogP contribution in [0.4, 0.5) is 0 Å². The molecule has 0 amide bonds. The third kappa shape index (κ3) is 4.35. The maximum Gasteiger partial charge on any atom is 0.140 e. The van der Waals surface area contributed by atoms with E-state index in [0.29, 0.717) is 0 Å². The molecule has 0 saturated heterocycles. The molecule has 1 atom stereocenters. The molecule has 94 valence electrons. The van der Waals surface area contributed by atoms with Crippen LogP contribution in [0.5, 0.6) is 5.75 Å². The van der Waals surface area contributed by atoms with Crippen LogP contribution in [-0.4, -0.2) is 23.7 Å². The summed E-state index contributed by atoms with van der Waals surface area (Å²) in [6, 6.07) is 4.72. The summed E-state index contributed by atoms with van der Waals surface area (Å²) in [5, 5.41) is 3.52. The van der Waals surface area contributed by atoms with Crippen LogP contribution in [0, 0.1) is 6.92 Å². The first-order chi connectivity index (χ1) is 8.25. The largest absolute Gasteiger partial charge is 0.489 e. The predicted molar refractivity (Wildman–Crippen MR) is 69.3 cm³/mol. The molecule has 3 heteroatoms. The van der Waals surface area contributed by atoms with Gasteiger partial charge < -0.3 is 10.1 Å². The first kappa shape index (κ1) is 12.4. The van der Waals surface area contributed by atoms with Crippen LogP contribution in [0.15, 0.2) is 18.3 Å². The van der Waals surface area contributed by atoms with Crippen molar-refractivity contribution in [2.24, 2.45) is 0 Å². The molecule has 1 N–H and O–H groups in total. The van der Waals surface area contributed by atoms with E-state index < -0.39 is 0 Å². The van der Waals surface area contributed by atoms with Gasteiger partial charge in [0.15, 0.2) is 0 Å². The molecular formula is C14H22N2O. The quantitative estimate of drug-likeness (QED) is 0.737. The van der Waals surface area contributed by atoms with Crippen molar-refractivity contribution in [1.82, 2.24) is 10.3 Å². The van der Waals surface area contributed by atoms with Gasteiger partial charge in [0.05, 0.1) is 11.8 Å². The highest BCUT2D eigenvalue weighted by Crippen LogP contribution is 2.19. The van der Waals surface area contributed by atoms with Crippen molar-refractivity contribution in [3.63, 3.8) is 0 Å². The summed E-state index contributed by atoms with van der Waals surface area (Å²) in [7, 11) is 0. The van der Waals surface area contributed by atoms with Crippen molar-refractivity contribution in [3.8, 4) is 5.75 Å². The second-order valence-corrected chi connectivity index (χ2v) is 4.89. The summed E-state index contributed by atoms with van der Waals surface area (Å²) in [6.07, 6.45) is 7.05. The summed E-state index contributed by atoms with van der Waals surface area (Å²) in [6.45, 7) is 5.23. The second kappa shape index (κ2) is 6.01. The maximum atomic E-state index is 5.88. The second-order valence-electron chi connectivity index (χ2n) is 4.89. The Labute approximate surface area is 104 Å². The van der Waals surface area contributed by atoms with Gasteiger partial charge in [-0.25, -0.2) is 0 Å². The zero-order valence-corrected chi connectivity index (χ0v) is 10.8. The minimum Gasteiger partial charge on any atom is -0.489 e. The molecule has 1 aliphatic rings. The fourth-order valence-corrected chi connectivity index (χ4v) is 1.85. The number of hydrogen-bond donors (Lipinski definition) is 1. The third-order valence-corrected chi connectivity index (χ3v) is 3.08. The molecule has 1 unspecified atom stereocenters. The highest BCUT2D eigenvalue weighted by atomic mass is 16.5. The topological polar surface area (TPSA) is 34.1 Å². The molecule has 1 fully saturated rings. The van der Waals surface area contributed by atoms with Gasteiger partial charge in [0.1, 0.15) is 5.75 Å². The van der Waals surface area contributed by atoms with Crippen LogP contribution >= 0.6 is 0 Å². The highest BCUT2D eigenvalue weighted by molar-refractivity contribution is 5.25. The molecule has 17 heavy (non-hydrogen) atoms. The summed E-state index contributed by atoms with van der Waals surface area (Å²) >= 11 is 0. The van der Waals surface area contributed by atoms with Crippen LogP contribution in [0.2, 0.25) is 0 Å². The molecule has 0 bridgehead atoms. The van der Waals surface area contributed by atoms with E-state index >= 15 is 0 Å². The molecule has 0 aliphatic heterocycles. The van der Waals surface area contributed by atoms with Gasteiger partial charge in [0.2, 0.25) is 0 Å². The lowest BCUT2D eigenvalue weighted by Gasteiger charge is -2.15. The van der Waals surface area contributed by atoms with Crippen LogP contribution < -0.4 is 10.1 Å². The van der Waals surface area contributed by atoms with Gasteiger partial charge in [-0.3, -0.25) is 4.98 Å². The van der Waals surface area contributed by atoms with Crippen molar-refractivity contribution < 1.29 is 4.74 Å². The Morgan fingerprint density at radius 3 is 3.06 bits per heavy atom. The van der Waals surface area contributed by atoms with Gasteiger partial charge in [-0.2, -0.15) is 0 Å². The highest BCUT2D eigenvalue weighted by Gasteiger charge is 2.19. The molecule has 1 heterocycles. The number of aromatic nitrogens is 1. The van der Waals surface area contributed by atoms with E-state index in [1.807, 2.05) is 19.1 Å². The fourth-order valence-electron chi connectivity index (χ4n) is 1.85. The van der Waals surface area contributed by atoms with Crippen LogP contribution in [0.3, 0.4) is 0 Å². The number of hydrogen-bond acceptors (Lipinski definition) is 3. The molecule has 1 aromatic heterocycles. The lowest BCUT2D eigenvalue weighted by atomic mass is 10.2. The van der Waals surface area contributed by atoms with Gasteiger partial charge in [-0.15, -0.1) is 0 Å². The lowest BCUT2D eigenvalue weighted by molar-refractivity contribution is 0.205. The standard InChI is InChI=1S/C14H22N2O/c1-11(5-3-10-16-13-7-8-13)17-14-6-4-9-15-12(14)2/h4,6,9,11,13,16H,3,5,7-8,10H2,1-2H3. The number of pyridine rings is 1. The van der Waals surface area contributed by atoms with Gasteiger partial charge >= 0.3 is 0 Å². The molecule has 0 aromatic carbocycles. The Hall–Kier alpha value is -1.09. The van der Waals surface area contributed by atoms with Gasteiger partial charge in [-0.05, 0) is 58.2 Å². The number of aryl methyl sites for hydroxylation is 1. The van der Waals surface area contributed by atoms with E-state index in [-0.39, 0.29) is 6.10 Å². The first-order valence-electron chi connectivity index (χ1n) is 6.57. The van der Waals surface area contributed by atoms with Crippen LogP contribution in [0.25, 0.3) is 0 Å². The van der Waals surface area contributed by atoms with E-state index in [9.17, 15) is 0 Å². The Morgan fingerprint density at radius 2 is 2.35 bits per heavy atom. The molecule has 3 nitrogen and oxygen atoms in total. The zero-order chi connectivity index (χ0) is 12.1. The van der Waals surface area contributed by atoms with Crippen LogP contribution in [-0.2, 0) is 0 Å². The molecular weight excluding hydrogens is 212 g/mol. The molecule has 1 saturated carbocycles. The Bertz CT molecular complexity index is 350. The molecule has 2 rings (SSSR count).